The molecule has 2 aromatic rings. The third kappa shape index (κ3) is 3.77. The maximum atomic E-state index is 11.7. The van der Waals surface area contributed by atoms with E-state index in [0.29, 0.717) is 13.2 Å². The van der Waals surface area contributed by atoms with Crippen molar-refractivity contribution in [3.8, 4) is 5.75 Å². The Bertz CT molecular complexity index is 669. The predicted octanol–water partition coefficient (Wildman–Crippen LogP) is 3.39. The van der Waals surface area contributed by atoms with Gasteiger partial charge < -0.3 is 9.84 Å². The molecular formula is C20H23NO3. The number of nitrogens with zero attached hydrogens (tertiary/aromatic N) is 1. The second-order valence-corrected chi connectivity index (χ2v) is 6.23. The summed E-state index contributed by atoms with van der Waals surface area (Å²) in [6, 6.07) is 18.0. The molecule has 1 fully saturated rings. The van der Waals surface area contributed by atoms with E-state index >= 15 is 0 Å². The number of benzene rings is 2. The number of carboxylic acid groups (broad SMARTS) is 1. The van der Waals surface area contributed by atoms with E-state index in [-0.39, 0.29) is 11.8 Å². The summed E-state index contributed by atoms with van der Waals surface area (Å²) in [5.41, 5.74) is 2.29. The molecule has 3 rings (SSSR count). The number of hydrogen-bond acceptors (Lipinski definition) is 3. The number of carbonyl (C=O) groups is 1. The molecule has 1 aliphatic heterocycles. The Morgan fingerprint density at radius 1 is 1.12 bits per heavy atom. The average Bonchev–Trinajstić information content (AvgIpc) is 3.02. The number of rotatable bonds is 6. The first kappa shape index (κ1) is 16.5. The summed E-state index contributed by atoms with van der Waals surface area (Å²) in [6.45, 7) is 4.74. The minimum absolute atomic E-state index is 0.0476. The second-order valence-electron chi connectivity index (χ2n) is 6.23. The van der Waals surface area contributed by atoms with Gasteiger partial charge in [-0.3, -0.25) is 9.69 Å². The van der Waals surface area contributed by atoms with E-state index in [1.165, 1.54) is 5.56 Å². The van der Waals surface area contributed by atoms with Crippen molar-refractivity contribution in [2.75, 3.05) is 19.7 Å². The van der Waals surface area contributed by atoms with Gasteiger partial charge in [-0.1, -0.05) is 42.5 Å². The van der Waals surface area contributed by atoms with E-state index in [2.05, 4.69) is 17.0 Å². The lowest BCUT2D eigenvalue weighted by Crippen LogP contribution is -2.23. The van der Waals surface area contributed by atoms with Crippen molar-refractivity contribution >= 4 is 5.97 Å². The zero-order valence-corrected chi connectivity index (χ0v) is 13.9. The number of ether oxygens (including phenoxy) is 1. The normalized spacial score (nSPS) is 20.9. The molecule has 1 aliphatic rings. The van der Waals surface area contributed by atoms with Crippen LogP contribution in [0.5, 0.6) is 5.75 Å². The molecule has 0 unspecified atom stereocenters. The van der Waals surface area contributed by atoms with Crippen LogP contribution in [0.15, 0.2) is 54.6 Å². The molecule has 0 aliphatic carbocycles. The summed E-state index contributed by atoms with van der Waals surface area (Å²) < 4.78 is 5.46. The van der Waals surface area contributed by atoms with Gasteiger partial charge in [0.05, 0.1) is 12.5 Å². The fraction of sp³-hybridized carbons (Fsp3) is 0.350. The molecule has 2 atom stereocenters. The minimum Gasteiger partial charge on any atom is -0.494 e. The molecule has 4 nitrogen and oxygen atoms in total. The SMILES string of the molecule is CCOc1ccc(CN2C[C@H](C(=O)O)[C@@H](c3ccccc3)C2)cc1. The fourth-order valence-electron chi connectivity index (χ4n) is 3.42. The van der Waals surface area contributed by atoms with Crippen molar-refractivity contribution in [2.45, 2.75) is 19.4 Å². The molecule has 0 spiro atoms. The lowest BCUT2D eigenvalue weighted by atomic mass is 9.89. The van der Waals surface area contributed by atoms with Crippen LogP contribution in [0.4, 0.5) is 0 Å². The summed E-state index contributed by atoms with van der Waals surface area (Å²) in [5.74, 6) is -0.146. The Morgan fingerprint density at radius 2 is 1.83 bits per heavy atom. The molecule has 0 aromatic heterocycles. The van der Waals surface area contributed by atoms with Crippen molar-refractivity contribution in [1.29, 1.82) is 0 Å². The van der Waals surface area contributed by atoms with Crippen LogP contribution in [0.1, 0.15) is 24.0 Å². The van der Waals surface area contributed by atoms with Crippen molar-refractivity contribution < 1.29 is 14.6 Å². The van der Waals surface area contributed by atoms with Crippen LogP contribution in [0.25, 0.3) is 0 Å². The molecule has 0 amide bonds. The van der Waals surface area contributed by atoms with E-state index in [1.807, 2.05) is 49.4 Å². The van der Waals surface area contributed by atoms with Crippen LogP contribution in [-0.4, -0.2) is 35.7 Å². The average molecular weight is 325 g/mol. The summed E-state index contributed by atoms with van der Waals surface area (Å²) >= 11 is 0. The molecule has 0 bridgehead atoms. The minimum atomic E-state index is -0.710. The van der Waals surface area contributed by atoms with Crippen molar-refractivity contribution in [1.82, 2.24) is 4.90 Å². The van der Waals surface area contributed by atoms with Gasteiger partial charge in [0.25, 0.3) is 0 Å². The summed E-state index contributed by atoms with van der Waals surface area (Å²) in [6.07, 6.45) is 0. The standard InChI is InChI=1S/C20H23NO3/c1-2-24-17-10-8-15(9-11-17)12-21-13-18(19(14-21)20(22)23)16-6-4-3-5-7-16/h3-11,18-19H,2,12-14H2,1H3,(H,22,23)/t18-,19+/m1/s1. The Morgan fingerprint density at radius 3 is 2.46 bits per heavy atom. The quantitative estimate of drug-likeness (QED) is 0.884. The van der Waals surface area contributed by atoms with Crippen molar-refractivity contribution in [3.63, 3.8) is 0 Å². The molecular weight excluding hydrogens is 302 g/mol. The zero-order chi connectivity index (χ0) is 16.9. The number of aliphatic carboxylic acids is 1. The number of hydrogen-bond donors (Lipinski definition) is 1. The summed E-state index contributed by atoms with van der Waals surface area (Å²) in [5, 5.41) is 9.58. The molecule has 1 heterocycles. The first-order valence-corrected chi connectivity index (χ1v) is 8.39. The molecule has 1 N–H and O–H groups in total. The molecule has 2 aromatic carbocycles. The lowest BCUT2D eigenvalue weighted by Gasteiger charge is -2.16. The van der Waals surface area contributed by atoms with Crippen molar-refractivity contribution in [2.24, 2.45) is 5.92 Å². The van der Waals surface area contributed by atoms with Gasteiger partial charge in [0.2, 0.25) is 0 Å². The van der Waals surface area contributed by atoms with Gasteiger partial charge in [-0.05, 0) is 30.2 Å². The zero-order valence-electron chi connectivity index (χ0n) is 13.9. The Kier molecular flexibility index (Phi) is 5.16. The predicted molar refractivity (Wildman–Crippen MR) is 93.2 cm³/mol. The number of likely N-dealkylation sites (tertiary alicyclic amines) is 1. The highest BCUT2D eigenvalue weighted by Gasteiger charge is 2.38. The van der Waals surface area contributed by atoms with Gasteiger partial charge in [-0.15, -0.1) is 0 Å². The van der Waals surface area contributed by atoms with Gasteiger partial charge in [-0.25, -0.2) is 0 Å². The first-order chi connectivity index (χ1) is 11.7. The molecule has 1 saturated heterocycles. The highest BCUT2D eigenvalue weighted by Crippen LogP contribution is 2.33. The second kappa shape index (κ2) is 7.49. The van der Waals surface area contributed by atoms with Crippen LogP contribution in [-0.2, 0) is 11.3 Å². The molecule has 126 valence electrons. The van der Waals surface area contributed by atoms with E-state index in [1.54, 1.807) is 0 Å². The third-order valence-corrected chi connectivity index (χ3v) is 4.58. The van der Waals surface area contributed by atoms with E-state index in [0.717, 1.165) is 24.4 Å². The molecule has 4 heteroatoms. The van der Waals surface area contributed by atoms with Crippen LogP contribution < -0.4 is 4.74 Å². The summed E-state index contributed by atoms with van der Waals surface area (Å²) in [7, 11) is 0. The maximum absolute atomic E-state index is 11.7. The van der Waals surface area contributed by atoms with Crippen molar-refractivity contribution in [3.05, 3.63) is 65.7 Å². The third-order valence-electron chi connectivity index (χ3n) is 4.58. The Hall–Kier alpha value is -2.33. The highest BCUT2D eigenvalue weighted by atomic mass is 16.5. The summed E-state index contributed by atoms with van der Waals surface area (Å²) in [4.78, 5) is 13.9. The molecule has 0 saturated carbocycles. The maximum Gasteiger partial charge on any atom is 0.308 e. The topological polar surface area (TPSA) is 49.8 Å². The van der Waals surface area contributed by atoms with Crippen LogP contribution in [0.3, 0.4) is 0 Å². The van der Waals surface area contributed by atoms with Gasteiger partial charge in [0.1, 0.15) is 5.75 Å². The first-order valence-electron chi connectivity index (χ1n) is 8.39. The smallest absolute Gasteiger partial charge is 0.308 e. The largest absolute Gasteiger partial charge is 0.494 e. The van der Waals surface area contributed by atoms with Crippen LogP contribution >= 0.6 is 0 Å². The Labute approximate surface area is 142 Å². The van der Waals surface area contributed by atoms with E-state index < -0.39 is 5.97 Å². The molecule has 24 heavy (non-hydrogen) atoms. The van der Waals surface area contributed by atoms with Gasteiger partial charge in [-0.2, -0.15) is 0 Å². The van der Waals surface area contributed by atoms with E-state index in [4.69, 9.17) is 4.74 Å². The highest BCUT2D eigenvalue weighted by molar-refractivity contribution is 5.72. The monoisotopic (exact) mass is 325 g/mol. The van der Waals surface area contributed by atoms with Crippen LogP contribution in [0, 0.1) is 5.92 Å². The molecule has 0 radical (unpaired) electrons. The fourth-order valence-corrected chi connectivity index (χ4v) is 3.42. The van der Waals surface area contributed by atoms with Crippen LogP contribution in [0.2, 0.25) is 0 Å². The van der Waals surface area contributed by atoms with Gasteiger partial charge >= 0.3 is 5.97 Å². The van der Waals surface area contributed by atoms with E-state index in [9.17, 15) is 9.90 Å². The number of carboxylic acids is 1. The lowest BCUT2D eigenvalue weighted by molar-refractivity contribution is -0.141. The Balaban J connectivity index is 1.70. The van der Waals surface area contributed by atoms with Gasteiger partial charge in [0, 0.05) is 25.6 Å². The van der Waals surface area contributed by atoms with Gasteiger partial charge in [0.15, 0.2) is 0 Å².